The second kappa shape index (κ2) is 9.11. The monoisotopic (exact) mass is 439 g/mol. The summed E-state index contributed by atoms with van der Waals surface area (Å²) in [7, 11) is -3.65. The summed E-state index contributed by atoms with van der Waals surface area (Å²) in [4.78, 5) is 13.5. The summed E-state index contributed by atoms with van der Waals surface area (Å²) >= 11 is 0. The van der Waals surface area contributed by atoms with Crippen LogP contribution in [0.3, 0.4) is 0 Å². The molecule has 1 amide bonds. The summed E-state index contributed by atoms with van der Waals surface area (Å²) in [6, 6.07) is 4.91. The average molecular weight is 440 g/mol. The molecule has 2 atom stereocenters. The molecule has 0 aliphatic carbocycles. The van der Waals surface area contributed by atoms with Crippen LogP contribution in [-0.4, -0.2) is 51.3 Å². The third kappa shape index (κ3) is 5.86. The van der Waals surface area contributed by atoms with Gasteiger partial charge in [-0.05, 0) is 64.7 Å². The molecule has 0 radical (unpaired) electrons. The highest BCUT2D eigenvalue weighted by Crippen LogP contribution is 2.42. The number of nitrogens with two attached hydrogens (primary N) is 1. The standard InChI is InChI=1S/C11H14N2O3S.C10H19NO2/c12-17(14,15)8-1-2-10-9(5-8)11-7(6-13-10)3-4-16-11;1-10(2,3)13-9(12)11-7-5-4-6-8-11/h1-2,5,7,11,13H,3-4,6H2,(H2,12,14,15);4-8H2,1-3H3/t7-,11-;/m0./s1. The predicted molar refractivity (Wildman–Crippen MR) is 115 cm³/mol. The zero-order valence-electron chi connectivity index (χ0n) is 18.0. The number of anilines is 1. The van der Waals surface area contributed by atoms with Gasteiger partial charge in [0.05, 0.1) is 11.0 Å². The van der Waals surface area contributed by atoms with E-state index in [9.17, 15) is 13.2 Å². The zero-order valence-corrected chi connectivity index (χ0v) is 18.8. The molecule has 168 valence electrons. The van der Waals surface area contributed by atoms with Gasteiger partial charge in [-0.2, -0.15) is 0 Å². The van der Waals surface area contributed by atoms with Crippen LogP contribution in [0.15, 0.2) is 23.1 Å². The Hall–Kier alpha value is -1.84. The van der Waals surface area contributed by atoms with Gasteiger partial charge in [-0.3, -0.25) is 0 Å². The molecular weight excluding hydrogens is 406 g/mol. The Labute approximate surface area is 179 Å². The molecule has 3 aliphatic rings. The van der Waals surface area contributed by atoms with Gasteiger partial charge in [-0.15, -0.1) is 0 Å². The van der Waals surface area contributed by atoms with Crippen LogP contribution in [0.2, 0.25) is 0 Å². The number of ether oxygens (including phenoxy) is 2. The van der Waals surface area contributed by atoms with E-state index in [0.29, 0.717) is 5.92 Å². The first-order valence-corrected chi connectivity index (χ1v) is 12.1. The van der Waals surface area contributed by atoms with E-state index in [-0.39, 0.29) is 22.7 Å². The van der Waals surface area contributed by atoms with Gasteiger partial charge < -0.3 is 19.7 Å². The molecule has 2 saturated heterocycles. The molecule has 4 rings (SSSR count). The van der Waals surface area contributed by atoms with Crippen molar-refractivity contribution in [2.24, 2.45) is 11.1 Å². The molecule has 0 spiro atoms. The molecule has 2 fully saturated rings. The Morgan fingerprint density at radius 3 is 2.57 bits per heavy atom. The van der Waals surface area contributed by atoms with Crippen LogP contribution in [0.4, 0.5) is 10.5 Å². The number of carbonyl (C=O) groups is 1. The molecule has 1 aromatic rings. The number of primary sulfonamides is 1. The highest BCUT2D eigenvalue weighted by atomic mass is 32.2. The van der Waals surface area contributed by atoms with E-state index in [2.05, 4.69) is 5.32 Å². The van der Waals surface area contributed by atoms with E-state index in [1.807, 2.05) is 20.8 Å². The van der Waals surface area contributed by atoms with Gasteiger partial charge in [0.2, 0.25) is 10.0 Å². The van der Waals surface area contributed by atoms with E-state index in [1.54, 1.807) is 17.0 Å². The number of hydrogen-bond acceptors (Lipinski definition) is 6. The van der Waals surface area contributed by atoms with Crippen LogP contribution >= 0.6 is 0 Å². The molecule has 8 nitrogen and oxygen atoms in total. The van der Waals surface area contributed by atoms with E-state index in [0.717, 1.165) is 56.8 Å². The van der Waals surface area contributed by atoms with E-state index >= 15 is 0 Å². The Morgan fingerprint density at radius 2 is 1.93 bits per heavy atom. The SMILES string of the molecule is CC(C)(C)OC(=O)N1CCCCC1.NS(=O)(=O)c1ccc2c(c1)[C@H]1OCC[C@H]1CN2. The molecule has 30 heavy (non-hydrogen) atoms. The van der Waals surface area contributed by atoms with Crippen molar-refractivity contribution in [2.75, 3.05) is 31.6 Å². The number of carbonyl (C=O) groups excluding carboxylic acids is 1. The fraction of sp³-hybridized carbons (Fsp3) is 0.667. The second-order valence-corrected chi connectivity index (χ2v) is 10.6. The molecule has 3 aliphatic heterocycles. The number of piperidine rings is 1. The minimum atomic E-state index is -3.65. The molecule has 3 N–H and O–H groups in total. The Morgan fingerprint density at radius 1 is 1.23 bits per heavy atom. The zero-order chi connectivity index (χ0) is 21.9. The van der Waals surface area contributed by atoms with Gasteiger partial charge in [0.15, 0.2) is 0 Å². The summed E-state index contributed by atoms with van der Waals surface area (Å²) in [5.74, 6) is 0.429. The van der Waals surface area contributed by atoms with E-state index < -0.39 is 10.0 Å². The molecule has 0 unspecified atom stereocenters. The van der Waals surface area contributed by atoms with Gasteiger partial charge in [-0.25, -0.2) is 18.4 Å². The van der Waals surface area contributed by atoms with Crippen molar-refractivity contribution < 1.29 is 22.7 Å². The summed E-state index contributed by atoms with van der Waals surface area (Å²) < 4.78 is 33.6. The first kappa shape index (κ1) is 22.8. The van der Waals surface area contributed by atoms with Crippen molar-refractivity contribution in [3.8, 4) is 0 Å². The number of benzene rings is 1. The molecule has 0 bridgehead atoms. The highest BCUT2D eigenvalue weighted by molar-refractivity contribution is 7.89. The summed E-state index contributed by atoms with van der Waals surface area (Å²) in [5, 5.41) is 8.44. The van der Waals surface area contributed by atoms with Crippen LogP contribution in [0.1, 0.15) is 58.1 Å². The largest absolute Gasteiger partial charge is 0.444 e. The molecule has 0 saturated carbocycles. The third-order valence-electron chi connectivity index (χ3n) is 5.43. The molecule has 3 heterocycles. The fourth-order valence-corrected chi connectivity index (χ4v) is 4.49. The van der Waals surface area contributed by atoms with Crippen molar-refractivity contribution in [1.82, 2.24) is 4.90 Å². The van der Waals surface area contributed by atoms with Crippen molar-refractivity contribution in [2.45, 2.75) is 63.1 Å². The normalized spacial score (nSPS) is 23.4. The molecule has 1 aromatic carbocycles. The Balaban J connectivity index is 0.000000178. The maximum Gasteiger partial charge on any atom is 0.410 e. The fourth-order valence-electron chi connectivity index (χ4n) is 3.94. The van der Waals surface area contributed by atoms with Crippen LogP contribution in [0, 0.1) is 5.92 Å². The minimum Gasteiger partial charge on any atom is -0.444 e. The molecule has 9 heteroatoms. The summed E-state index contributed by atoms with van der Waals surface area (Å²) in [6.45, 7) is 9.02. The van der Waals surface area contributed by atoms with Gasteiger partial charge >= 0.3 is 6.09 Å². The number of nitrogens with zero attached hydrogens (tertiary/aromatic N) is 1. The van der Waals surface area contributed by atoms with Crippen LogP contribution in [0.25, 0.3) is 0 Å². The lowest BCUT2D eigenvalue weighted by Gasteiger charge is -2.29. The van der Waals surface area contributed by atoms with Gasteiger partial charge in [0.25, 0.3) is 0 Å². The first-order chi connectivity index (χ1) is 14.0. The Kier molecular flexibility index (Phi) is 6.94. The second-order valence-electron chi connectivity index (χ2n) is 9.04. The molecule has 0 aromatic heterocycles. The smallest absolute Gasteiger partial charge is 0.410 e. The lowest BCUT2D eigenvalue weighted by Crippen LogP contribution is -2.39. The maximum atomic E-state index is 11.5. The number of rotatable bonds is 1. The van der Waals surface area contributed by atoms with Gasteiger partial charge in [0.1, 0.15) is 5.60 Å². The lowest BCUT2D eigenvalue weighted by molar-refractivity contribution is 0.0216. The van der Waals surface area contributed by atoms with Crippen LogP contribution in [0.5, 0.6) is 0 Å². The van der Waals surface area contributed by atoms with Crippen molar-refractivity contribution >= 4 is 21.8 Å². The number of nitrogens with one attached hydrogen (secondary N) is 1. The van der Waals surface area contributed by atoms with Crippen LogP contribution in [-0.2, 0) is 19.5 Å². The number of hydrogen-bond donors (Lipinski definition) is 2. The van der Waals surface area contributed by atoms with Gasteiger partial charge in [0, 0.05) is 43.4 Å². The summed E-state index contributed by atoms with van der Waals surface area (Å²) in [6.07, 6.45) is 4.31. The molecular formula is C21H33N3O5S. The van der Waals surface area contributed by atoms with Crippen LogP contribution < -0.4 is 10.5 Å². The van der Waals surface area contributed by atoms with E-state index in [1.165, 1.54) is 12.5 Å². The first-order valence-electron chi connectivity index (χ1n) is 10.5. The number of likely N-dealkylation sites (tertiary alicyclic amines) is 1. The van der Waals surface area contributed by atoms with Gasteiger partial charge in [-0.1, -0.05) is 0 Å². The van der Waals surface area contributed by atoms with Crippen molar-refractivity contribution in [3.05, 3.63) is 23.8 Å². The Bertz CT molecular complexity index is 860. The predicted octanol–water partition coefficient (Wildman–Crippen LogP) is 3.24. The number of sulfonamides is 1. The van der Waals surface area contributed by atoms with Crippen molar-refractivity contribution in [1.29, 1.82) is 0 Å². The quantitative estimate of drug-likeness (QED) is 0.695. The number of amides is 1. The van der Waals surface area contributed by atoms with E-state index in [4.69, 9.17) is 14.6 Å². The third-order valence-corrected chi connectivity index (χ3v) is 6.35. The maximum absolute atomic E-state index is 11.5. The topological polar surface area (TPSA) is 111 Å². The highest BCUT2D eigenvalue weighted by Gasteiger charge is 2.35. The minimum absolute atomic E-state index is 0.00736. The number of fused-ring (bicyclic) bond motifs is 3. The lowest BCUT2D eigenvalue weighted by atomic mass is 9.91. The van der Waals surface area contributed by atoms with Crippen molar-refractivity contribution in [3.63, 3.8) is 0 Å². The average Bonchev–Trinajstić information content (AvgIpc) is 3.16. The summed E-state index contributed by atoms with van der Waals surface area (Å²) in [5.41, 5.74) is 1.49.